The monoisotopic (exact) mass is 443 g/mol. The van der Waals surface area contributed by atoms with Crippen molar-refractivity contribution in [3.05, 3.63) is 58.0 Å². The maximum absolute atomic E-state index is 12.7. The van der Waals surface area contributed by atoms with Gasteiger partial charge in [0.15, 0.2) is 0 Å². The number of thiophene rings is 1. The van der Waals surface area contributed by atoms with Gasteiger partial charge in [0.25, 0.3) is 0 Å². The van der Waals surface area contributed by atoms with E-state index in [-0.39, 0.29) is 24.1 Å². The van der Waals surface area contributed by atoms with Crippen molar-refractivity contribution in [2.24, 2.45) is 0 Å². The molecule has 0 radical (unpaired) electrons. The van der Waals surface area contributed by atoms with Crippen LogP contribution in [-0.4, -0.2) is 50.7 Å². The fourth-order valence-electron chi connectivity index (χ4n) is 2.86. The van der Waals surface area contributed by atoms with Gasteiger partial charge >= 0.3 is 0 Å². The number of para-hydroxylation sites is 1. The molecule has 0 aliphatic rings. The molecule has 0 fully saturated rings. The van der Waals surface area contributed by atoms with Crippen LogP contribution in [0.1, 0.15) is 29.6 Å². The second kappa shape index (κ2) is 10.9. The van der Waals surface area contributed by atoms with E-state index >= 15 is 0 Å². The molecule has 2 heterocycles. The number of benzene rings is 1. The van der Waals surface area contributed by atoms with Gasteiger partial charge < -0.3 is 10.2 Å². The van der Waals surface area contributed by atoms with Gasteiger partial charge in [0.2, 0.25) is 17.0 Å². The molecule has 1 aromatic carbocycles. The molecule has 0 aliphatic carbocycles. The van der Waals surface area contributed by atoms with Gasteiger partial charge in [-0.05, 0) is 36.4 Å². The summed E-state index contributed by atoms with van der Waals surface area (Å²) >= 11 is 2.95. The highest BCUT2D eigenvalue weighted by Gasteiger charge is 2.18. The lowest BCUT2D eigenvalue weighted by atomic mass is 10.2. The van der Waals surface area contributed by atoms with E-state index in [9.17, 15) is 9.59 Å². The number of hydrogen-bond donors (Lipinski definition) is 2. The van der Waals surface area contributed by atoms with Crippen LogP contribution in [0, 0.1) is 6.92 Å². The lowest BCUT2D eigenvalue weighted by Gasteiger charge is -2.21. The zero-order valence-electron chi connectivity index (χ0n) is 17.1. The van der Waals surface area contributed by atoms with E-state index in [1.165, 1.54) is 16.6 Å². The van der Waals surface area contributed by atoms with E-state index in [0.29, 0.717) is 18.1 Å². The molecule has 0 saturated heterocycles. The quantitative estimate of drug-likeness (QED) is 0.466. The van der Waals surface area contributed by atoms with E-state index in [1.54, 1.807) is 16.2 Å². The fourth-order valence-corrected chi connectivity index (χ4v) is 4.28. The molecule has 9 heteroatoms. The summed E-state index contributed by atoms with van der Waals surface area (Å²) in [5.74, 6) is 0.655. The normalized spacial score (nSPS) is 10.7. The molecule has 7 nitrogen and oxygen atoms in total. The number of carbonyl (C=O) groups is 2. The lowest BCUT2D eigenvalue weighted by molar-refractivity contribution is -0.132. The minimum Gasteiger partial charge on any atom is -0.333 e. The second-order valence-corrected chi connectivity index (χ2v) is 8.76. The van der Waals surface area contributed by atoms with Gasteiger partial charge in [0.1, 0.15) is 5.82 Å². The number of hydrogen-bond acceptors (Lipinski definition) is 6. The van der Waals surface area contributed by atoms with Gasteiger partial charge in [-0.2, -0.15) is 0 Å². The van der Waals surface area contributed by atoms with Gasteiger partial charge in [-0.15, -0.1) is 16.4 Å². The predicted molar refractivity (Wildman–Crippen MR) is 121 cm³/mol. The molecule has 3 rings (SSSR count). The van der Waals surface area contributed by atoms with Gasteiger partial charge in [-0.25, -0.2) is 4.98 Å². The molecule has 0 unspecified atom stereocenters. The van der Waals surface area contributed by atoms with E-state index in [2.05, 4.69) is 20.5 Å². The molecule has 3 aromatic rings. The summed E-state index contributed by atoms with van der Waals surface area (Å²) in [6.07, 6.45) is 1.47. The highest BCUT2D eigenvalue weighted by atomic mass is 32.2. The molecule has 0 saturated carbocycles. The number of nitrogens with one attached hydrogen (secondary N) is 2. The first-order valence-corrected chi connectivity index (χ1v) is 11.6. The van der Waals surface area contributed by atoms with Crippen LogP contribution in [0.4, 0.5) is 5.69 Å². The SMILES string of the molecule is CCCN(CC(=O)Nc1ccccc1C)C(=O)CSc1n[nH]c(Cc2cccs2)n1. The highest BCUT2D eigenvalue weighted by molar-refractivity contribution is 7.99. The van der Waals surface area contributed by atoms with Crippen molar-refractivity contribution < 1.29 is 9.59 Å². The Balaban J connectivity index is 1.51. The molecule has 2 amide bonds. The van der Waals surface area contributed by atoms with Crippen molar-refractivity contribution >= 4 is 40.6 Å². The molecule has 0 spiro atoms. The number of nitrogens with zero attached hydrogens (tertiary/aromatic N) is 3. The first kappa shape index (κ1) is 22.0. The van der Waals surface area contributed by atoms with E-state index in [0.717, 1.165) is 23.5 Å². The number of carbonyl (C=O) groups excluding carboxylic acids is 2. The molecule has 0 bridgehead atoms. The molecular weight excluding hydrogens is 418 g/mol. The Bertz CT molecular complexity index is 971. The maximum Gasteiger partial charge on any atom is 0.244 e. The summed E-state index contributed by atoms with van der Waals surface area (Å²) in [5, 5.41) is 12.6. The molecule has 2 aromatic heterocycles. The number of aromatic amines is 1. The Morgan fingerprint density at radius 3 is 2.80 bits per heavy atom. The van der Waals surface area contributed by atoms with Crippen LogP contribution in [0.3, 0.4) is 0 Å². The summed E-state index contributed by atoms with van der Waals surface area (Å²) < 4.78 is 0. The summed E-state index contributed by atoms with van der Waals surface area (Å²) in [7, 11) is 0. The average molecular weight is 444 g/mol. The first-order chi connectivity index (χ1) is 14.5. The summed E-state index contributed by atoms with van der Waals surface area (Å²) in [6, 6.07) is 11.6. The fraction of sp³-hybridized carbons (Fsp3) is 0.333. The second-order valence-electron chi connectivity index (χ2n) is 6.79. The maximum atomic E-state index is 12.7. The van der Waals surface area contributed by atoms with E-state index < -0.39 is 0 Å². The Kier molecular flexibility index (Phi) is 8.04. The summed E-state index contributed by atoms with van der Waals surface area (Å²) in [4.78, 5) is 32.4. The first-order valence-electron chi connectivity index (χ1n) is 9.75. The minimum absolute atomic E-state index is 0.0270. The molecular formula is C21H25N5O2S2. The molecule has 158 valence electrons. The number of H-pyrrole nitrogens is 1. The van der Waals surface area contributed by atoms with Crippen LogP contribution in [0.2, 0.25) is 0 Å². The largest absolute Gasteiger partial charge is 0.333 e. The number of aryl methyl sites for hydroxylation is 1. The van der Waals surface area contributed by atoms with Crippen molar-refractivity contribution in [2.75, 3.05) is 24.2 Å². The summed E-state index contributed by atoms with van der Waals surface area (Å²) in [6.45, 7) is 4.47. The topological polar surface area (TPSA) is 91.0 Å². The summed E-state index contributed by atoms with van der Waals surface area (Å²) in [5.41, 5.74) is 1.75. The molecule has 30 heavy (non-hydrogen) atoms. The highest BCUT2D eigenvalue weighted by Crippen LogP contribution is 2.17. The Morgan fingerprint density at radius 1 is 1.23 bits per heavy atom. The van der Waals surface area contributed by atoms with Crippen LogP contribution in [0.25, 0.3) is 0 Å². The van der Waals surface area contributed by atoms with Gasteiger partial charge in [-0.3, -0.25) is 14.7 Å². The van der Waals surface area contributed by atoms with Crippen molar-refractivity contribution in [1.82, 2.24) is 20.1 Å². The number of amides is 2. The van der Waals surface area contributed by atoms with Gasteiger partial charge in [0.05, 0.1) is 12.3 Å². The predicted octanol–water partition coefficient (Wildman–Crippen LogP) is 3.73. The van der Waals surface area contributed by atoms with E-state index in [4.69, 9.17) is 0 Å². The lowest BCUT2D eigenvalue weighted by Crippen LogP contribution is -2.39. The third-order valence-corrected chi connectivity index (χ3v) is 6.07. The number of anilines is 1. The van der Waals surface area contributed by atoms with Crippen LogP contribution in [0.15, 0.2) is 46.9 Å². The number of thioether (sulfide) groups is 1. The molecule has 2 N–H and O–H groups in total. The zero-order chi connectivity index (χ0) is 21.3. The standard InChI is InChI=1S/C21H25N5O2S2/c1-3-10-26(13-19(27)22-17-9-5-4-7-15(17)2)20(28)14-30-21-23-18(24-25-21)12-16-8-6-11-29-16/h4-9,11H,3,10,12-14H2,1-2H3,(H,22,27)(H,23,24,25). The minimum atomic E-state index is -0.202. The van der Waals surface area contributed by atoms with Crippen LogP contribution in [0.5, 0.6) is 0 Å². The Labute approximate surface area is 184 Å². The third-order valence-electron chi connectivity index (χ3n) is 4.36. The van der Waals surface area contributed by atoms with Crippen molar-refractivity contribution in [2.45, 2.75) is 31.8 Å². The average Bonchev–Trinajstić information content (AvgIpc) is 3.40. The van der Waals surface area contributed by atoms with Gasteiger partial charge in [-0.1, -0.05) is 43.0 Å². The molecule has 0 atom stereocenters. The zero-order valence-corrected chi connectivity index (χ0v) is 18.7. The number of aromatic nitrogens is 3. The number of rotatable bonds is 10. The smallest absolute Gasteiger partial charge is 0.244 e. The third kappa shape index (κ3) is 6.43. The van der Waals surface area contributed by atoms with E-state index in [1.807, 2.05) is 55.6 Å². The van der Waals surface area contributed by atoms with Crippen molar-refractivity contribution in [3.63, 3.8) is 0 Å². The van der Waals surface area contributed by atoms with Crippen LogP contribution >= 0.6 is 23.1 Å². The van der Waals surface area contributed by atoms with Gasteiger partial charge in [0, 0.05) is 23.5 Å². The Morgan fingerprint density at radius 2 is 2.07 bits per heavy atom. The van der Waals surface area contributed by atoms with Crippen molar-refractivity contribution in [3.8, 4) is 0 Å². The molecule has 0 aliphatic heterocycles. The van der Waals surface area contributed by atoms with Crippen molar-refractivity contribution in [1.29, 1.82) is 0 Å². The Hall–Kier alpha value is -2.65. The van der Waals surface area contributed by atoms with Crippen LogP contribution in [-0.2, 0) is 16.0 Å². The van der Waals surface area contributed by atoms with Crippen LogP contribution < -0.4 is 5.32 Å².